The molecule has 1 aromatic carbocycles. The zero-order valence-electron chi connectivity index (χ0n) is 13.8. The van der Waals surface area contributed by atoms with Crippen LogP contribution < -0.4 is 0 Å². The standard InChI is InChI=1S/C18H22NO4P/c1-3-13-9-10-18(4-2,14(11-13)12-24(20,21)22)17-19-15-7-5-6-8-16(15)23-17/h5-11,14H,3-4,12H2,1-2H3,(H2,20,21,22). The molecule has 2 unspecified atom stereocenters. The number of hydrogen-bond acceptors (Lipinski definition) is 3. The summed E-state index contributed by atoms with van der Waals surface area (Å²) in [4.78, 5) is 23.7. The number of oxazole rings is 1. The van der Waals surface area contributed by atoms with Crippen molar-refractivity contribution in [1.82, 2.24) is 4.98 Å². The molecule has 24 heavy (non-hydrogen) atoms. The van der Waals surface area contributed by atoms with E-state index in [9.17, 15) is 14.4 Å². The Kier molecular flexibility index (Phi) is 4.52. The fourth-order valence-electron chi connectivity index (χ4n) is 3.38. The summed E-state index contributed by atoms with van der Waals surface area (Å²) in [6.07, 6.45) is 7.26. The van der Waals surface area contributed by atoms with Crippen molar-refractivity contribution in [3.63, 3.8) is 0 Å². The third-order valence-electron chi connectivity index (χ3n) is 4.79. The van der Waals surface area contributed by atoms with E-state index in [1.54, 1.807) is 0 Å². The lowest BCUT2D eigenvalue weighted by molar-refractivity contribution is 0.299. The summed E-state index contributed by atoms with van der Waals surface area (Å²) in [5.41, 5.74) is 1.88. The first-order chi connectivity index (χ1) is 11.4. The van der Waals surface area contributed by atoms with Gasteiger partial charge in [0, 0.05) is 5.92 Å². The average molecular weight is 347 g/mol. The molecule has 0 radical (unpaired) electrons. The summed E-state index contributed by atoms with van der Waals surface area (Å²) < 4.78 is 17.7. The SMILES string of the molecule is CCC1=CC(CP(=O)(O)O)C(CC)(c2nc3ccccc3o2)C=C1. The Morgan fingerprint density at radius 1 is 1.29 bits per heavy atom. The summed E-state index contributed by atoms with van der Waals surface area (Å²) in [5, 5.41) is 0. The molecule has 128 valence electrons. The van der Waals surface area contributed by atoms with Crippen molar-refractivity contribution in [3.05, 3.63) is 54.0 Å². The molecule has 0 saturated heterocycles. The number of benzene rings is 1. The van der Waals surface area contributed by atoms with Gasteiger partial charge < -0.3 is 14.2 Å². The molecule has 0 saturated carbocycles. The summed E-state index contributed by atoms with van der Waals surface area (Å²) in [5.74, 6) is 0.170. The van der Waals surface area contributed by atoms with E-state index < -0.39 is 13.0 Å². The Morgan fingerprint density at radius 3 is 2.67 bits per heavy atom. The van der Waals surface area contributed by atoms with E-state index >= 15 is 0 Å². The van der Waals surface area contributed by atoms with Crippen LogP contribution in [0.3, 0.4) is 0 Å². The normalized spacial score (nSPS) is 24.3. The number of fused-ring (bicyclic) bond motifs is 1. The van der Waals surface area contributed by atoms with E-state index in [1.165, 1.54) is 0 Å². The second kappa shape index (κ2) is 6.32. The van der Waals surface area contributed by atoms with Gasteiger partial charge in [0.15, 0.2) is 5.58 Å². The topological polar surface area (TPSA) is 83.6 Å². The lowest BCUT2D eigenvalue weighted by atomic mass is 9.70. The van der Waals surface area contributed by atoms with Crippen LogP contribution in [0, 0.1) is 5.92 Å². The highest BCUT2D eigenvalue weighted by Crippen LogP contribution is 2.49. The van der Waals surface area contributed by atoms with Gasteiger partial charge in [-0.2, -0.15) is 0 Å². The number of para-hydroxylation sites is 2. The number of allylic oxidation sites excluding steroid dienone is 4. The van der Waals surface area contributed by atoms with Gasteiger partial charge in [0.05, 0.1) is 11.6 Å². The molecule has 0 bridgehead atoms. The van der Waals surface area contributed by atoms with E-state index in [-0.39, 0.29) is 12.1 Å². The first-order valence-corrected chi connectivity index (χ1v) is 9.98. The van der Waals surface area contributed by atoms with Crippen LogP contribution in [0.5, 0.6) is 0 Å². The maximum absolute atomic E-state index is 11.7. The van der Waals surface area contributed by atoms with Crippen LogP contribution in [0.15, 0.2) is 52.5 Å². The van der Waals surface area contributed by atoms with Gasteiger partial charge in [-0.3, -0.25) is 4.57 Å². The number of aromatic nitrogens is 1. The van der Waals surface area contributed by atoms with E-state index in [0.717, 1.165) is 17.5 Å². The maximum Gasteiger partial charge on any atom is 0.326 e. The second-order valence-corrected chi connectivity index (χ2v) is 7.96. The summed E-state index contributed by atoms with van der Waals surface area (Å²) in [6, 6.07) is 7.51. The quantitative estimate of drug-likeness (QED) is 0.793. The van der Waals surface area contributed by atoms with Crippen molar-refractivity contribution >= 4 is 18.7 Å². The Morgan fingerprint density at radius 2 is 2.04 bits per heavy atom. The second-order valence-electron chi connectivity index (χ2n) is 6.26. The van der Waals surface area contributed by atoms with Crippen LogP contribution in [0.4, 0.5) is 0 Å². The smallest absolute Gasteiger partial charge is 0.326 e. The largest absolute Gasteiger partial charge is 0.440 e. The summed E-state index contributed by atoms with van der Waals surface area (Å²) in [6.45, 7) is 4.03. The van der Waals surface area contributed by atoms with Gasteiger partial charge in [-0.1, -0.05) is 49.8 Å². The van der Waals surface area contributed by atoms with E-state index in [0.29, 0.717) is 17.9 Å². The van der Waals surface area contributed by atoms with Crippen LogP contribution in [0.1, 0.15) is 32.6 Å². The highest BCUT2D eigenvalue weighted by atomic mass is 31.2. The van der Waals surface area contributed by atoms with Crippen LogP contribution in [-0.2, 0) is 9.98 Å². The van der Waals surface area contributed by atoms with Crippen LogP contribution in [0.2, 0.25) is 0 Å². The van der Waals surface area contributed by atoms with Gasteiger partial charge in [0.2, 0.25) is 5.89 Å². The van der Waals surface area contributed by atoms with Crippen molar-refractivity contribution < 1.29 is 18.8 Å². The van der Waals surface area contributed by atoms with Crippen molar-refractivity contribution in [3.8, 4) is 0 Å². The Labute approximate surface area is 141 Å². The number of hydrogen-bond donors (Lipinski definition) is 2. The minimum atomic E-state index is -4.17. The molecule has 0 fully saturated rings. The minimum Gasteiger partial charge on any atom is -0.440 e. The summed E-state index contributed by atoms with van der Waals surface area (Å²) in [7, 11) is -4.17. The summed E-state index contributed by atoms with van der Waals surface area (Å²) >= 11 is 0. The molecule has 3 rings (SSSR count). The molecule has 2 aromatic rings. The molecule has 1 aliphatic rings. The van der Waals surface area contributed by atoms with Gasteiger partial charge >= 0.3 is 7.60 Å². The lowest BCUT2D eigenvalue weighted by Crippen LogP contribution is -2.36. The zero-order chi connectivity index (χ0) is 17.4. The maximum atomic E-state index is 11.7. The minimum absolute atomic E-state index is 0.215. The Bertz CT molecular complexity index is 815. The first kappa shape index (κ1) is 17.2. The molecular weight excluding hydrogens is 325 g/mol. The monoisotopic (exact) mass is 347 g/mol. The van der Waals surface area contributed by atoms with Gasteiger partial charge in [-0.25, -0.2) is 4.98 Å². The van der Waals surface area contributed by atoms with Crippen LogP contribution in [-0.4, -0.2) is 20.9 Å². The molecule has 1 aliphatic carbocycles. The fourth-order valence-corrected chi connectivity index (χ4v) is 4.33. The lowest BCUT2D eigenvalue weighted by Gasteiger charge is -2.36. The van der Waals surface area contributed by atoms with Gasteiger partial charge in [-0.15, -0.1) is 0 Å². The highest BCUT2D eigenvalue weighted by molar-refractivity contribution is 7.51. The van der Waals surface area contributed by atoms with E-state index in [2.05, 4.69) is 4.98 Å². The van der Waals surface area contributed by atoms with Crippen LogP contribution in [0.25, 0.3) is 11.1 Å². The third-order valence-corrected chi connectivity index (χ3v) is 5.66. The molecule has 2 N–H and O–H groups in total. The van der Waals surface area contributed by atoms with Gasteiger partial charge in [0.25, 0.3) is 0 Å². The molecular formula is C18H22NO4P. The average Bonchev–Trinajstić information content (AvgIpc) is 2.98. The van der Waals surface area contributed by atoms with Gasteiger partial charge in [-0.05, 0) is 25.0 Å². The third kappa shape index (κ3) is 3.12. The van der Waals surface area contributed by atoms with Gasteiger partial charge in [0.1, 0.15) is 5.52 Å². The molecule has 5 nitrogen and oxygen atoms in total. The van der Waals surface area contributed by atoms with Crippen molar-refractivity contribution in [2.24, 2.45) is 5.92 Å². The molecule has 0 aliphatic heterocycles. The zero-order valence-corrected chi connectivity index (χ0v) is 14.7. The van der Waals surface area contributed by atoms with Crippen molar-refractivity contribution in [2.75, 3.05) is 6.16 Å². The Balaban J connectivity index is 2.12. The van der Waals surface area contributed by atoms with E-state index in [4.69, 9.17) is 4.42 Å². The molecule has 6 heteroatoms. The number of rotatable bonds is 5. The van der Waals surface area contributed by atoms with E-state index in [1.807, 2.05) is 56.3 Å². The molecule has 2 atom stereocenters. The highest BCUT2D eigenvalue weighted by Gasteiger charge is 2.44. The molecule has 1 aromatic heterocycles. The molecule has 0 spiro atoms. The molecule has 1 heterocycles. The predicted octanol–water partition coefficient (Wildman–Crippen LogP) is 4.18. The predicted molar refractivity (Wildman–Crippen MR) is 93.9 cm³/mol. The van der Waals surface area contributed by atoms with Crippen molar-refractivity contribution in [1.29, 1.82) is 0 Å². The molecule has 0 amide bonds. The van der Waals surface area contributed by atoms with Crippen molar-refractivity contribution in [2.45, 2.75) is 32.1 Å². The first-order valence-electron chi connectivity index (χ1n) is 8.18. The fraction of sp³-hybridized carbons (Fsp3) is 0.389. The number of nitrogens with zero attached hydrogens (tertiary/aromatic N) is 1. The Hall–Kier alpha value is -1.68. The van der Waals surface area contributed by atoms with Crippen LogP contribution >= 0.6 is 7.60 Å².